The highest BCUT2D eigenvalue weighted by Gasteiger charge is 2.18. The summed E-state index contributed by atoms with van der Waals surface area (Å²) in [5, 5.41) is 1.23. The molecule has 0 fully saturated rings. The minimum atomic E-state index is 0.0636. The van der Waals surface area contributed by atoms with Crippen molar-refractivity contribution in [2.45, 2.75) is 30.4 Å². The van der Waals surface area contributed by atoms with E-state index in [2.05, 4.69) is 25.1 Å². The zero-order valence-corrected chi connectivity index (χ0v) is 13.2. The van der Waals surface area contributed by atoms with Crippen molar-refractivity contribution >= 4 is 23.4 Å². The minimum Gasteiger partial charge on any atom is -0.323 e. The van der Waals surface area contributed by atoms with E-state index < -0.39 is 0 Å². The average molecular weight is 306 g/mol. The molecule has 0 bridgehead atoms. The number of benzene rings is 2. The van der Waals surface area contributed by atoms with Gasteiger partial charge in [0.05, 0.1) is 0 Å². The molecule has 0 amide bonds. The van der Waals surface area contributed by atoms with Crippen LogP contribution in [0.25, 0.3) is 0 Å². The smallest absolute Gasteiger partial charge is 0.0446 e. The van der Waals surface area contributed by atoms with Gasteiger partial charge in [0.2, 0.25) is 0 Å². The van der Waals surface area contributed by atoms with Gasteiger partial charge in [-0.1, -0.05) is 67.1 Å². The topological polar surface area (TPSA) is 26.0 Å². The second-order valence-corrected chi connectivity index (χ2v) is 6.42. The molecular weight excluding hydrogens is 286 g/mol. The summed E-state index contributed by atoms with van der Waals surface area (Å²) in [5.41, 5.74) is 8.78. The number of thioether (sulfide) groups is 1. The summed E-state index contributed by atoms with van der Waals surface area (Å²) >= 11 is 8.09. The Bertz CT molecular complexity index is 530. The Morgan fingerprint density at radius 2 is 1.70 bits per heavy atom. The van der Waals surface area contributed by atoms with E-state index in [-0.39, 0.29) is 6.04 Å². The van der Waals surface area contributed by atoms with E-state index in [1.54, 1.807) is 0 Å². The van der Waals surface area contributed by atoms with E-state index in [1.807, 2.05) is 48.2 Å². The SMILES string of the molecule is CCC(SCc1ccccc1Cl)C(N)c1ccccc1. The Balaban J connectivity index is 2.01. The van der Waals surface area contributed by atoms with Gasteiger partial charge in [-0.05, 0) is 23.6 Å². The third-order valence-corrected chi connectivity index (χ3v) is 5.30. The van der Waals surface area contributed by atoms with Crippen LogP contribution in [0.1, 0.15) is 30.5 Å². The number of hydrogen-bond acceptors (Lipinski definition) is 2. The van der Waals surface area contributed by atoms with Gasteiger partial charge in [-0.2, -0.15) is 11.8 Å². The highest BCUT2D eigenvalue weighted by Crippen LogP contribution is 2.31. The fourth-order valence-electron chi connectivity index (χ4n) is 2.18. The van der Waals surface area contributed by atoms with Crippen LogP contribution in [0.4, 0.5) is 0 Å². The molecule has 0 aliphatic carbocycles. The van der Waals surface area contributed by atoms with Gasteiger partial charge in [0.15, 0.2) is 0 Å². The molecule has 2 unspecified atom stereocenters. The van der Waals surface area contributed by atoms with E-state index >= 15 is 0 Å². The molecule has 0 aliphatic heterocycles. The quantitative estimate of drug-likeness (QED) is 0.808. The molecule has 1 nitrogen and oxygen atoms in total. The molecule has 0 saturated heterocycles. The normalized spacial score (nSPS) is 13.9. The number of nitrogens with two attached hydrogens (primary N) is 1. The van der Waals surface area contributed by atoms with Gasteiger partial charge < -0.3 is 5.73 Å². The maximum atomic E-state index is 6.40. The lowest BCUT2D eigenvalue weighted by atomic mass is 10.0. The van der Waals surface area contributed by atoms with Gasteiger partial charge in [-0.15, -0.1) is 0 Å². The van der Waals surface area contributed by atoms with Gasteiger partial charge in [-0.3, -0.25) is 0 Å². The summed E-state index contributed by atoms with van der Waals surface area (Å²) in [7, 11) is 0. The van der Waals surface area contributed by atoms with Crippen LogP contribution in [0, 0.1) is 0 Å². The summed E-state index contributed by atoms with van der Waals surface area (Å²) < 4.78 is 0. The first-order valence-electron chi connectivity index (χ1n) is 6.88. The third-order valence-electron chi connectivity index (χ3n) is 3.40. The number of hydrogen-bond donors (Lipinski definition) is 1. The van der Waals surface area contributed by atoms with Gasteiger partial charge in [0.25, 0.3) is 0 Å². The molecule has 0 spiro atoms. The molecule has 0 aliphatic rings. The fraction of sp³-hybridized carbons (Fsp3) is 0.294. The second-order valence-electron chi connectivity index (χ2n) is 4.79. The monoisotopic (exact) mass is 305 g/mol. The fourth-order valence-corrected chi connectivity index (χ4v) is 3.70. The van der Waals surface area contributed by atoms with Crippen molar-refractivity contribution in [2.24, 2.45) is 5.73 Å². The maximum Gasteiger partial charge on any atom is 0.0446 e. The van der Waals surface area contributed by atoms with Gasteiger partial charge >= 0.3 is 0 Å². The molecule has 2 atom stereocenters. The first kappa shape index (κ1) is 15.4. The first-order chi connectivity index (χ1) is 9.72. The maximum absolute atomic E-state index is 6.40. The van der Waals surface area contributed by atoms with Crippen molar-refractivity contribution in [1.82, 2.24) is 0 Å². The van der Waals surface area contributed by atoms with Crippen LogP contribution in [0.2, 0.25) is 5.02 Å². The first-order valence-corrected chi connectivity index (χ1v) is 8.30. The summed E-state index contributed by atoms with van der Waals surface area (Å²) in [6, 6.07) is 18.4. The highest BCUT2D eigenvalue weighted by atomic mass is 35.5. The summed E-state index contributed by atoms with van der Waals surface area (Å²) in [5.74, 6) is 0.902. The lowest BCUT2D eigenvalue weighted by Gasteiger charge is -2.22. The van der Waals surface area contributed by atoms with Crippen LogP contribution >= 0.6 is 23.4 Å². The highest BCUT2D eigenvalue weighted by molar-refractivity contribution is 7.99. The molecule has 20 heavy (non-hydrogen) atoms. The molecule has 2 aromatic rings. The van der Waals surface area contributed by atoms with Crippen molar-refractivity contribution in [1.29, 1.82) is 0 Å². The van der Waals surface area contributed by atoms with Crippen LogP contribution < -0.4 is 5.73 Å². The lowest BCUT2D eigenvalue weighted by Crippen LogP contribution is -2.23. The molecule has 106 valence electrons. The molecule has 2 aromatic carbocycles. The molecule has 0 aromatic heterocycles. The standard InChI is InChI=1S/C17H20ClNS/c1-2-16(17(19)13-8-4-3-5-9-13)20-12-14-10-6-7-11-15(14)18/h3-11,16-17H,2,12,19H2,1H3. The van der Waals surface area contributed by atoms with E-state index in [0.717, 1.165) is 17.2 Å². The van der Waals surface area contributed by atoms with Crippen molar-refractivity contribution < 1.29 is 0 Å². The molecule has 2 rings (SSSR count). The van der Waals surface area contributed by atoms with Gasteiger partial charge in [0.1, 0.15) is 0 Å². The molecule has 0 saturated carbocycles. The predicted octanol–water partition coefficient (Wildman–Crippen LogP) is 5.05. The summed E-state index contributed by atoms with van der Waals surface area (Å²) in [4.78, 5) is 0. The Labute approximate surface area is 130 Å². The second kappa shape index (κ2) is 7.72. The predicted molar refractivity (Wildman–Crippen MR) is 90.2 cm³/mol. The molecular formula is C17H20ClNS. The van der Waals surface area contributed by atoms with E-state index in [4.69, 9.17) is 17.3 Å². The van der Waals surface area contributed by atoms with Crippen molar-refractivity contribution in [2.75, 3.05) is 0 Å². The van der Waals surface area contributed by atoms with Gasteiger partial charge in [-0.25, -0.2) is 0 Å². The van der Waals surface area contributed by atoms with E-state index in [9.17, 15) is 0 Å². The van der Waals surface area contributed by atoms with Crippen LogP contribution in [-0.4, -0.2) is 5.25 Å². The van der Waals surface area contributed by atoms with Crippen LogP contribution in [0.15, 0.2) is 54.6 Å². The minimum absolute atomic E-state index is 0.0636. The summed E-state index contributed by atoms with van der Waals surface area (Å²) in [6.07, 6.45) is 1.05. The van der Waals surface area contributed by atoms with E-state index in [1.165, 1.54) is 11.1 Å². The number of rotatable bonds is 6. The Kier molecular flexibility index (Phi) is 5.96. The van der Waals surface area contributed by atoms with E-state index in [0.29, 0.717) is 5.25 Å². The Morgan fingerprint density at radius 1 is 1.05 bits per heavy atom. The summed E-state index contributed by atoms with van der Waals surface area (Å²) in [6.45, 7) is 2.19. The third kappa shape index (κ3) is 4.02. The molecule has 0 heterocycles. The Hall–Kier alpha value is -0.960. The zero-order chi connectivity index (χ0) is 14.4. The molecule has 0 radical (unpaired) electrons. The van der Waals surface area contributed by atoms with Crippen LogP contribution in [0.3, 0.4) is 0 Å². The molecule has 2 N–H and O–H groups in total. The van der Waals surface area contributed by atoms with Crippen LogP contribution in [-0.2, 0) is 5.75 Å². The largest absolute Gasteiger partial charge is 0.323 e. The van der Waals surface area contributed by atoms with Gasteiger partial charge in [0, 0.05) is 22.1 Å². The van der Waals surface area contributed by atoms with Crippen molar-refractivity contribution in [3.8, 4) is 0 Å². The number of halogens is 1. The Morgan fingerprint density at radius 3 is 2.35 bits per heavy atom. The average Bonchev–Trinajstić information content (AvgIpc) is 2.50. The zero-order valence-electron chi connectivity index (χ0n) is 11.6. The lowest BCUT2D eigenvalue weighted by molar-refractivity contribution is 0.656. The molecule has 3 heteroatoms. The van der Waals surface area contributed by atoms with Crippen molar-refractivity contribution in [3.63, 3.8) is 0 Å². The van der Waals surface area contributed by atoms with Crippen LogP contribution in [0.5, 0.6) is 0 Å². The van der Waals surface area contributed by atoms with Crippen molar-refractivity contribution in [3.05, 3.63) is 70.7 Å².